The van der Waals surface area contributed by atoms with Crippen LogP contribution in [0.3, 0.4) is 0 Å². The fourth-order valence-corrected chi connectivity index (χ4v) is 2.17. The number of unbranched alkanes of at least 4 members (excludes halogenated alkanes) is 5. The van der Waals surface area contributed by atoms with Crippen molar-refractivity contribution in [1.82, 2.24) is 4.98 Å². The molecule has 0 amide bonds. The first-order chi connectivity index (χ1) is 8.66. The van der Waals surface area contributed by atoms with E-state index >= 15 is 0 Å². The van der Waals surface area contributed by atoms with Gasteiger partial charge in [0.25, 0.3) is 0 Å². The highest BCUT2D eigenvalue weighted by atomic mass is 79.9. The van der Waals surface area contributed by atoms with Gasteiger partial charge in [0.2, 0.25) is 5.88 Å². The lowest BCUT2D eigenvalue weighted by Crippen LogP contribution is -2.02. The minimum atomic E-state index is 0.648. The number of hydrogen-bond donors (Lipinski definition) is 1. The van der Waals surface area contributed by atoms with Crippen LogP contribution < -0.4 is 10.5 Å². The molecule has 0 spiro atoms. The number of nitrogens with two attached hydrogens (primary N) is 1. The standard InChI is InChI=1S/C14H23BrN2O/c1-3-4-5-6-7-8-9-18-14-13(15)11(2)12(16)10-17-14/h10H,3-9,16H2,1-2H3. The second kappa shape index (κ2) is 8.35. The molecule has 0 aromatic carbocycles. The van der Waals surface area contributed by atoms with Crippen molar-refractivity contribution >= 4 is 21.6 Å². The molecule has 4 heteroatoms. The van der Waals surface area contributed by atoms with Crippen LogP contribution in [-0.2, 0) is 0 Å². The van der Waals surface area contributed by atoms with Gasteiger partial charge in [-0.15, -0.1) is 0 Å². The topological polar surface area (TPSA) is 48.1 Å². The Bertz CT molecular complexity index is 369. The molecule has 0 atom stereocenters. The molecule has 0 fully saturated rings. The van der Waals surface area contributed by atoms with E-state index in [2.05, 4.69) is 27.8 Å². The van der Waals surface area contributed by atoms with Crippen LogP contribution in [0.2, 0.25) is 0 Å². The zero-order valence-corrected chi connectivity index (χ0v) is 12.9. The third kappa shape index (κ3) is 4.84. The van der Waals surface area contributed by atoms with Gasteiger partial charge in [-0.3, -0.25) is 0 Å². The maximum absolute atomic E-state index is 5.76. The molecule has 102 valence electrons. The Labute approximate surface area is 118 Å². The summed E-state index contributed by atoms with van der Waals surface area (Å²) in [5, 5.41) is 0. The molecule has 0 saturated carbocycles. The number of anilines is 1. The summed E-state index contributed by atoms with van der Waals surface area (Å²) in [6.07, 6.45) is 9.22. The Morgan fingerprint density at radius 3 is 2.61 bits per heavy atom. The molecule has 0 aliphatic heterocycles. The van der Waals surface area contributed by atoms with Gasteiger partial charge >= 0.3 is 0 Å². The maximum atomic E-state index is 5.76. The first-order valence-corrected chi connectivity index (χ1v) is 7.49. The zero-order valence-electron chi connectivity index (χ0n) is 11.3. The van der Waals surface area contributed by atoms with Crippen molar-refractivity contribution in [1.29, 1.82) is 0 Å². The predicted molar refractivity (Wildman–Crippen MR) is 80.0 cm³/mol. The number of nitrogen functional groups attached to an aromatic ring is 1. The lowest BCUT2D eigenvalue weighted by molar-refractivity contribution is 0.291. The Balaban J connectivity index is 2.25. The van der Waals surface area contributed by atoms with Crippen LogP contribution in [-0.4, -0.2) is 11.6 Å². The first-order valence-electron chi connectivity index (χ1n) is 6.70. The fourth-order valence-electron chi connectivity index (χ4n) is 1.72. The molecular formula is C14H23BrN2O. The number of pyridine rings is 1. The number of rotatable bonds is 8. The lowest BCUT2D eigenvalue weighted by Gasteiger charge is -2.10. The van der Waals surface area contributed by atoms with E-state index in [1.54, 1.807) is 6.20 Å². The molecule has 1 heterocycles. The average Bonchev–Trinajstić information content (AvgIpc) is 2.37. The number of ether oxygens (including phenoxy) is 1. The van der Waals surface area contributed by atoms with Crippen molar-refractivity contribution in [2.24, 2.45) is 0 Å². The smallest absolute Gasteiger partial charge is 0.228 e. The third-order valence-corrected chi connectivity index (χ3v) is 3.94. The van der Waals surface area contributed by atoms with Crippen molar-refractivity contribution < 1.29 is 4.74 Å². The monoisotopic (exact) mass is 314 g/mol. The van der Waals surface area contributed by atoms with Crippen molar-refractivity contribution in [2.75, 3.05) is 12.3 Å². The van der Waals surface area contributed by atoms with Gasteiger partial charge in [-0.25, -0.2) is 4.98 Å². The molecule has 0 bridgehead atoms. The van der Waals surface area contributed by atoms with E-state index < -0.39 is 0 Å². The normalized spacial score (nSPS) is 10.6. The van der Waals surface area contributed by atoms with E-state index in [1.807, 2.05) is 6.92 Å². The molecule has 0 unspecified atom stereocenters. The summed E-state index contributed by atoms with van der Waals surface area (Å²) >= 11 is 3.47. The molecule has 18 heavy (non-hydrogen) atoms. The third-order valence-electron chi connectivity index (χ3n) is 3.01. The van der Waals surface area contributed by atoms with Crippen LogP contribution in [0.15, 0.2) is 10.7 Å². The Morgan fingerprint density at radius 1 is 1.22 bits per heavy atom. The van der Waals surface area contributed by atoms with Crippen molar-refractivity contribution in [2.45, 2.75) is 52.4 Å². The highest BCUT2D eigenvalue weighted by Crippen LogP contribution is 2.29. The van der Waals surface area contributed by atoms with E-state index in [1.165, 1.54) is 32.1 Å². The summed E-state index contributed by atoms with van der Waals surface area (Å²) in [7, 11) is 0. The first kappa shape index (κ1) is 15.3. The Kier molecular flexibility index (Phi) is 7.09. The van der Waals surface area contributed by atoms with Crippen LogP contribution in [0.25, 0.3) is 0 Å². The molecule has 1 aromatic rings. The number of hydrogen-bond acceptors (Lipinski definition) is 3. The number of nitrogens with zero attached hydrogens (tertiary/aromatic N) is 1. The summed E-state index contributed by atoms with van der Waals surface area (Å²) in [5.74, 6) is 0.648. The lowest BCUT2D eigenvalue weighted by atomic mass is 10.1. The minimum absolute atomic E-state index is 0.648. The predicted octanol–water partition coefficient (Wildman–Crippen LogP) is 4.47. The quantitative estimate of drug-likeness (QED) is 0.720. The second-order valence-electron chi connectivity index (χ2n) is 4.57. The van der Waals surface area contributed by atoms with Crippen LogP contribution >= 0.6 is 15.9 Å². The summed E-state index contributed by atoms with van der Waals surface area (Å²) in [5.41, 5.74) is 7.44. The average molecular weight is 315 g/mol. The summed E-state index contributed by atoms with van der Waals surface area (Å²) < 4.78 is 6.53. The van der Waals surface area contributed by atoms with Crippen LogP contribution in [0.1, 0.15) is 51.0 Å². The molecule has 0 aliphatic carbocycles. The highest BCUT2D eigenvalue weighted by Gasteiger charge is 2.08. The van der Waals surface area contributed by atoms with Gasteiger partial charge in [0, 0.05) is 0 Å². The Hall–Kier alpha value is -0.770. The number of halogens is 1. The summed E-state index contributed by atoms with van der Waals surface area (Å²) in [4.78, 5) is 4.19. The minimum Gasteiger partial charge on any atom is -0.477 e. The van der Waals surface area contributed by atoms with Crippen molar-refractivity contribution in [3.63, 3.8) is 0 Å². The van der Waals surface area contributed by atoms with E-state index in [4.69, 9.17) is 10.5 Å². The van der Waals surface area contributed by atoms with Gasteiger partial charge in [0.05, 0.1) is 23.0 Å². The van der Waals surface area contributed by atoms with Gasteiger partial charge in [-0.05, 0) is 34.8 Å². The SMILES string of the molecule is CCCCCCCCOc1ncc(N)c(C)c1Br. The van der Waals surface area contributed by atoms with Crippen LogP contribution in [0.5, 0.6) is 5.88 Å². The molecule has 1 aromatic heterocycles. The largest absolute Gasteiger partial charge is 0.477 e. The molecular weight excluding hydrogens is 292 g/mol. The van der Waals surface area contributed by atoms with E-state index in [9.17, 15) is 0 Å². The van der Waals surface area contributed by atoms with Crippen LogP contribution in [0, 0.1) is 6.92 Å². The van der Waals surface area contributed by atoms with Crippen molar-refractivity contribution in [3.8, 4) is 5.88 Å². The molecule has 0 saturated heterocycles. The highest BCUT2D eigenvalue weighted by molar-refractivity contribution is 9.10. The van der Waals surface area contributed by atoms with Gasteiger partial charge in [-0.2, -0.15) is 0 Å². The van der Waals surface area contributed by atoms with Crippen LogP contribution in [0.4, 0.5) is 5.69 Å². The number of aromatic nitrogens is 1. The van der Waals surface area contributed by atoms with Gasteiger partial charge in [-0.1, -0.05) is 39.0 Å². The van der Waals surface area contributed by atoms with E-state index in [0.29, 0.717) is 11.6 Å². The maximum Gasteiger partial charge on any atom is 0.228 e. The summed E-state index contributed by atoms with van der Waals surface area (Å²) in [6.45, 7) is 4.91. The van der Waals surface area contributed by atoms with Crippen molar-refractivity contribution in [3.05, 3.63) is 16.2 Å². The van der Waals surface area contributed by atoms with Gasteiger partial charge in [0.1, 0.15) is 0 Å². The second-order valence-corrected chi connectivity index (χ2v) is 5.37. The van der Waals surface area contributed by atoms with E-state index in [-0.39, 0.29) is 0 Å². The fraction of sp³-hybridized carbons (Fsp3) is 0.643. The zero-order chi connectivity index (χ0) is 13.4. The molecule has 1 rings (SSSR count). The molecule has 3 nitrogen and oxygen atoms in total. The van der Waals surface area contributed by atoms with E-state index in [0.717, 1.165) is 23.1 Å². The summed E-state index contributed by atoms with van der Waals surface area (Å²) in [6, 6.07) is 0. The Morgan fingerprint density at radius 2 is 1.89 bits per heavy atom. The van der Waals surface area contributed by atoms with Gasteiger partial charge < -0.3 is 10.5 Å². The van der Waals surface area contributed by atoms with Gasteiger partial charge in [0.15, 0.2) is 0 Å². The molecule has 0 radical (unpaired) electrons. The molecule has 0 aliphatic rings. The molecule has 2 N–H and O–H groups in total.